The van der Waals surface area contributed by atoms with Crippen molar-refractivity contribution < 1.29 is 13.2 Å². The van der Waals surface area contributed by atoms with E-state index < -0.39 is 10.0 Å². The van der Waals surface area contributed by atoms with Crippen LogP contribution in [0, 0.1) is 11.3 Å². The summed E-state index contributed by atoms with van der Waals surface area (Å²) >= 11 is 7.33. The van der Waals surface area contributed by atoms with Gasteiger partial charge in [0, 0.05) is 23.3 Å². The maximum atomic E-state index is 12.5. The molecule has 0 atom stereocenters. The Hall–Kier alpha value is -3.45. The van der Waals surface area contributed by atoms with E-state index in [0.717, 1.165) is 16.9 Å². The van der Waals surface area contributed by atoms with Crippen molar-refractivity contribution in [3.8, 4) is 28.8 Å². The molecule has 10 heteroatoms. The number of sulfonamides is 1. The maximum absolute atomic E-state index is 12.5. The SMILES string of the molecule is N#Cc1cc(S(=O)(=O)Nc2nccs2)ccc1Oc1ccc(-c2ncccc2Cl)cc1. The van der Waals surface area contributed by atoms with E-state index in [1.54, 1.807) is 48.0 Å². The van der Waals surface area contributed by atoms with Crippen LogP contribution in [-0.2, 0) is 10.0 Å². The average Bonchev–Trinajstić information content (AvgIpc) is 3.27. The van der Waals surface area contributed by atoms with Gasteiger partial charge in [-0.3, -0.25) is 9.71 Å². The van der Waals surface area contributed by atoms with Crippen molar-refractivity contribution in [1.29, 1.82) is 5.26 Å². The summed E-state index contributed by atoms with van der Waals surface area (Å²) in [6.45, 7) is 0. The third-order valence-corrected chi connectivity index (χ3v) is 6.61. The molecular weight excluding hydrogens is 456 g/mol. The van der Waals surface area contributed by atoms with Gasteiger partial charge in [0.25, 0.3) is 10.0 Å². The molecule has 31 heavy (non-hydrogen) atoms. The number of benzene rings is 2. The van der Waals surface area contributed by atoms with E-state index >= 15 is 0 Å². The van der Waals surface area contributed by atoms with Gasteiger partial charge in [-0.15, -0.1) is 11.3 Å². The normalized spacial score (nSPS) is 11.0. The molecule has 154 valence electrons. The lowest BCUT2D eigenvalue weighted by molar-refractivity contribution is 0.480. The zero-order valence-corrected chi connectivity index (χ0v) is 18.1. The van der Waals surface area contributed by atoms with Crippen molar-refractivity contribution in [2.75, 3.05) is 4.72 Å². The van der Waals surface area contributed by atoms with Gasteiger partial charge < -0.3 is 4.74 Å². The number of aromatic nitrogens is 2. The van der Waals surface area contributed by atoms with Gasteiger partial charge in [0.2, 0.25) is 0 Å². The second-order valence-corrected chi connectivity index (χ2v) is 9.16. The predicted octanol–water partition coefficient (Wildman–Crippen LogP) is 5.32. The van der Waals surface area contributed by atoms with Gasteiger partial charge in [0.15, 0.2) is 5.13 Å². The van der Waals surface area contributed by atoms with Gasteiger partial charge in [-0.05, 0) is 54.6 Å². The molecule has 2 heterocycles. The van der Waals surface area contributed by atoms with E-state index in [2.05, 4.69) is 14.7 Å². The number of anilines is 1. The number of rotatable bonds is 6. The van der Waals surface area contributed by atoms with Crippen molar-refractivity contribution in [2.24, 2.45) is 0 Å². The van der Waals surface area contributed by atoms with E-state index in [4.69, 9.17) is 16.3 Å². The Morgan fingerprint density at radius 3 is 2.55 bits per heavy atom. The second-order valence-electron chi connectivity index (χ2n) is 6.17. The zero-order chi connectivity index (χ0) is 21.8. The Labute approximate surface area is 187 Å². The van der Waals surface area contributed by atoms with Crippen LogP contribution in [0.2, 0.25) is 5.02 Å². The Morgan fingerprint density at radius 2 is 1.87 bits per heavy atom. The molecule has 4 aromatic rings. The molecule has 7 nitrogen and oxygen atoms in total. The van der Waals surface area contributed by atoms with Crippen LogP contribution in [0.15, 0.2) is 77.3 Å². The molecule has 0 radical (unpaired) electrons. The van der Waals surface area contributed by atoms with Crippen LogP contribution in [0.4, 0.5) is 5.13 Å². The third-order valence-electron chi connectivity index (χ3n) is 4.15. The van der Waals surface area contributed by atoms with Gasteiger partial charge in [0.05, 0.1) is 21.2 Å². The molecule has 0 saturated heterocycles. The smallest absolute Gasteiger partial charge is 0.263 e. The summed E-state index contributed by atoms with van der Waals surface area (Å²) < 4.78 is 33.2. The van der Waals surface area contributed by atoms with Crippen molar-refractivity contribution >= 4 is 38.1 Å². The van der Waals surface area contributed by atoms with Crippen molar-refractivity contribution in [1.82, 2.24) is 9.97 Å². The van der Waals surface area contributed by atoms with E-state index in [-0.39, 0.29) is 21.3 Å². The number of hydrogen-bond donors (Lipinski definition) is 1. The van der Waals surface area contributed by atoms with E-state index in [1.165, 1.54) is 24.4 Å². The number of pyridine rings is 1. The minimum absolute atomic E-state index is 0.0632. The molecule has 0 aliphatic rings. The molecule has 1 N–H and O–H groups in total. The van der Waals surface area contributed by atoms with Gasteiger partial charge in [-0.2, -0.15) is 5.26 Å². The first-order valence-electron chi connectivity index (χ1n) is 8.81. The summed E-state index contributed by atoms with van der Waals surface area (Å²) in [6.07, 6.45) is 3.15. The largest absolute Gasteiger partial charge is 0.456 e. The molecular formula is C21H13ClN4O3S2. The number of nitrogens with zero attached hydrogens (tertiary/aromatic N) is 3. The van der Waals surface area contributed by atoms with Crippen LogP contribution in [0.25, 0.3) is 11.3 Å². The molecule has 2 aromatic heterocycles. The fourth-order valence-electron chi connectivity index (χ4n) is 2.71. The standard InChI is InChI=1S/C21H13ClN4O3S2/c22-18-2-1-9-24-20(18)14-3-5-16(6-4-14)29-19-8-7-17(12-15(19)13-23)31(27,28)26-21-25-10-11-30-21/h1-12H,(H,25,26). The van der Waals surface area contributed by atoms with Crippen LogP contribution >= 0.6 is 22.9 Å². The summed E-state index contributed by atoms with van der Waals surface area (Å²) in [5, 5.41) is 11.9. The van der Waals surface area contributed by atoms with Crippen LogP contribution < -0.4 is 9.46 Å². The molecule has 0 aliphatic heterocycles. The molecule has 4 rings (SSSR count). The Morgan fingerprint density at radius 1 is 1.06 bits per heavy atom. The van der Waals surface area contributed by atoms with Gasteiger partial charge in [0.1, 0.15) is 17.6 Å². The molecule has 0 amide bonds. The number of nitrogens with one attached hydrogen (secondary N) is 1. The molecule has 2 aromatic carbocycles. The molecule has 0 fully saturated rings. The number of halogens is 1. The minimum atomic E-state index is -3.87. The van der Waals surface area contributed by atoms with E-state index in [9.17, 15) is 13.7 Å². The predicted molar refractivity (Wildman–Crippen MR) is 119 cm³/mol. The fourth-order valence-corrected chi connectivity index (χ4v) is 4.75. The van der Waals surface area contributed by atoms with Crippen LogP contribution in [0.5, 0.6) is 11.5 Å². The molecule has 0 unspecified atom stereocenters. The first-order chi connectivity index (χ1) is 15.0. The maximum Gasteiger partial charge on any atom is 0.263 e. The fraction of sp³-hybridized carbons (Fsp3) is 0. The summed E-state index contributed by atoms with van der Waals surface area (Å²) in [5.74, 6) is 0.711. The van der Waals surface area contributed by atoms with E-state index in [0.29, 0.717) is 16.5 Å². The minimum Gasteiger partial charge on any atom is -0.456 e. The van der Waals surface area contributed by atoms with Crippen molar-refractivity contribution in [3.05, 3.63) is 83.0 Å². The lowest BCUT2D eigenvalue weighted by atomic mass is 10.1. The topological polar surface area (TPSA) is 105 Å². The monoisotopic (exact) mass is 468 g/mol. The highest BCUT2D eigenvalue weighted by molar-refractivity contribution is 7.93. The number of thiazole rings is 1. The number of ether oxygens (including phenoxy) is 1. The Balaban J connectivity index is 1.56. The summed E-state index contributed by atoms with van der Waals surface area (Å²) in [4.78, 5) is 8.11. The summed E-state index contributed by atoms with van der Waals surface area (Å²) in [7, 11) is -3.87. The van der Waals surface area contributed by atoms with Crippen LogP contribution in [-0.4, -0.2) is 18.4 Å². The van der Waals surface area contributed by atoms with Gasteiger partial charge in [-0.25, -0.2) is 13.4 Å². The quantitative estimate of drug-likeness (QED) is 0.410. The lowest BCUT2D eigenvalue weighted by Gasteiger charge is -2.11. The lowest BCUT2D eigenvalue weighted by Crippen LogP contribution is -2.13. The van der Waals surface area contributed by atoms with Crippen molar-refractivity contribution in [3.63, 3.8) is 0 Å². The molecule has 0 aliphatic carbocycles. The van der Waals surface area contributed by atoms with Crippen molar-refractivity contribution in [2.45, 2.75) is 4.90 Å². The molecule has 0 bridgehead atoms. The highest BCUT2D eigenvalue weighted by Crippen LogP contribution is 2.31. The highest BCUT2D eigenvalue weighted by Gasteiger charge is 2.18. The first-order valence-corrected chi connectivity index (χ1v) is 11.6. The van der Waals surface area contributed by atoms with Gasteiger partial charge >= 0.3 is 0 Å². The molecule has 0 saturated carbocycles. The van der Waals surface area contributed by atoms with Crippen LogP contribution in [0.3, 0.4) is 0 Å². The highest BCUT2D eigenvalue weighted by atomic mass is 35.5. The second kappa shape index (κ2) is 8.73. The Kier molecular flexibility index (Phi) is 5.86. The third kappa shape index (κ3) is 4.67. The van der Waals surface area contributed by atoms with Gasteiger partial charge in [-0.1, -0.05) is 11.6 Å². The molecule has 0 spiro atoms. The Bertz CT molecular complexity index is 1370. The average molecular weight is 469 g/mol. The zero-order valence-electron chi connectivity index (χ0n) is 15.7. The number of nitriles is 1. The first kappa shape index (κ1) is 20.8. The summed E-state index contributed by atoms with van der Waals surface area (Å²) in [5.41, 5.74) is 1.54. The summed E-state index contributed by atoms with van der Waals surface area (Å²) in [6, 6.07) is 16.6. The number of hydrogen-bond acceptors (Lipinski definition) is 7. The van der Waals surface area contributed by atoms with E-state index in [1.807, 2.05) is 6.07 Å². The van der Waals surface area contributed by atoms with Crippen LogP contribution in [0.1, 0.15) is 5.56 Å².